The zero-order chi connectivity index (χ0) is 7.42. The molecular weight excluding hydrogens is 136 g/mol. The molecule has 3 aliphatic carbocycles. The first kappa shape index (κ1) is 6.47. The normalized spacial score (nSPS) is 60.3. The van der Waals surface area contributed by atoms with Crippen LogP contribution in [-0.4, -0.2) is 11.2 Å². The molecule has 0 amide bonds. The van der Waals surface area contributed by atoms with Gasteiger partial charge in [-0.2, -0.15) is 0 Å². The van der Waals surface area contributed by atoms with E-state index in [1.807, 2.05) is 0 Å². The van der Waals surface area contributed by atoms with Gasteiger partial charge in [0.2, 0.25) is 0 Å². The summed E-state index contributed by atoms with van der Waals surface area (Å²) in [5, 5.41) is 9.67. The Balaban J connectivity index is 1.90. The van der Waals surface area contributed by atoms with Crippen molar-refractivity contribution in [1.82, 2.24) is 0 Å². The molecule has 0 aliphatic heterocycles. The molecule has 3 rings (SSSR count). The first-order chi connectivity index (χ1) is 5.36. The Labute approximate surface area is 67.8 Å². The third-order valence-corrected chi connectivity index (χ3v) is 4.39. The van der Waals surface area contributed by atoms with Gasteiger partial charge in [0, 0.05) is 0 Å². The van der Waals surface area contributed by atoms with Crippen molar-refractivity contribution in [3.8, 4) is 0 Å². The van der Waals surface area contributed by atoms with Gasteiger partial charge in [0.25, 0.3) is 0 Å². The van der Waals surface area contributed by atoms with Crippen molar-refractivity contribution in [1.29, 1.82) is 0 Å². The van der Waals surface area contributed by atoms with Crippen LogP contribution in [0, 0.1) is 23.7 Å². The molecule has 1 N–H and O–H groups in total. The van der Waals surface area contributed by atoms with E-state index in [1.165, 1.54) is 25.7 Å². The van der Waals surface area contributed by atoms with Gasteiger partial charge in [0.15, 0.2) is 0 Å². The topological polar surface area (TPSA) is 20.2 Å². The summed E-state index contributed by atoms with van der Waals surface area (Å²) < 4.78 is 0. The zero-order valence-electron chi connectivity index (χ0n) is 6.87. The van der Waals surface area contributed by atoms with Crippen molar-refractivity contribution in [2.24, 2.45) is 23.7 Å². The Morgan fingerprint density at radius 3 is 2.64 bits per heavy atom. The van der Waals surface area contributed by atoms with Crippen LogP contribution in [0.4, 0.5) is 0 Å². The predicted octanol–water partition coefficient (Wildman–Crippen LogP) is 1.80. The fraction of sp³-hybridized carbons (Fsp3) is 1.00. The second-order valence-corrected chi connectivity index (χ2v) is 4.72. The molecule has 0 aromatic carbocycles. The van der Waals surface area contributed by atoms with Gasteiger partial charge in [-0.15, -0.1) is 0 Å². The molecule has 11 heavy (non-hydrogen) atoms. The third-order valence-electron chi connectivity index (χ3n) is 4.39. The average molecular weight is 152 g/mol. The van der Waals surface area contributed by atoms with Gasteiger partial charge in [0.05, 0.1) is 6.10 Å². The van der Waals surface area contributed by atoms with E-state index in [9.17, 15) is 5.11 Å². The molecule has 0 spiro atoms. The Kier molecular flexibility index (Phi) is 1.18. The summed E-state index contributed by atoms with van der Waals surface area (Å²) in [6.07, 6.45) is 6.90. The lowest BCUT2D eigenvalue weighted by molar-refractivity contribution is 0.0642. The second kappa shape index (κ2) is 2.01. The van der Waals surface area contributed by atoms with Crippen LogP contribution in [0.2, 0.25) is 0 Å². The molecule has 0 radical (unpaired) electrons. The molecule has 62 valence electrons. The molecule has 0 unspecified atom stereocenters. The van der Waals surface area contributed by atoms with Crippen molar-refractivity contribution in [2.45, 2.75) is 38.2 Å². The van der Waals surface area contributed by atoms with E-state index in [0.29, 0.717) is 5.92 Å². The summed E-state index contributed by atoms with van der Waals surface area (Å²) in [7, 11) is 0. The van der Waals surface area contributed by atoms with E-state index >= 15 is 0 Å². The third kappa shape index (κ3) is 0.703. The minimum atomic E-state index is 0.0827. The van der Waals surface area contributed by atoms with Crippen LogP contribution in [0.3, 0.4) is 0 Å². The van der Waals surface area contributed by atoms with Crippen molar-refractivity contribution < 1.29 is 5.11 Å². The lowest BCUT2D eigenvalue weighted by Crippen LogP contribution is -2.27. The monoisotopic (exact) mass is 152 g/mol. The molecule has 0 saturated heterocycles. The van der Waals surface area contributed by atoms with Crippen molar-refractivity contribution in [3.05, 3.63) is 0 Å². The van der Waals surface area contributed by atoms with Gasteiger partial charge < -0.3 is 5.11 Å². The molecule has 3 saturated carbocycles. The summed E-state index contributed by atoms with van der Waals surface area (Å²) in [6, 6.07) is 0. The first-order valence-electron chi connectivity index (χ1n) is 5.04. The van der Waals surface area contributed by atoms with Gasteiger partial charge in [-0.25, -0.2) is 0 Å². The SMILES string of the molecule is O[C@@H]1C[C@@H]2C[C@H]1[C@H]1CCC[C@@H]21. The van der Waals surface area contributed by atoms with Gasteiger partial charge in [-0.1, -0.05) is 6.42 Å². The van der Waals surface area contributed by atoms with Crippen LogP contribution in [-0.2, 0) is 0 Å². The van der Waals surface area contributed by atoms with Crippen LogP contribution in [0.5, 0.6) is 0 Å². The van der Waals surface area contributed by atoms with Gasteiger partial charge in [-0.05, 0) is 49.4 Å². The Morgan fingerprint density at radius 2 is 1.73 bits per heavy atom. The van der Waals surface area contributed by atoms with E-state index in [1.54, 1.807) is 0 Å². The largest absolute Gasteiger partial charge is 0.393 e. The summed E-state index contributed by atoms with van der Waals surface area (Å²) >= 11 is 0. The van der Waals surface area contributed by atoms with Crippen molar-refractivity contribution >= 4 is 0 Å². The highest BCUT2D eigenvalue weighted by Gasteiger charge is 2.53. The standard InChI is InChI=1S/C10H16O/c11-10-5-6-4-9(10)8-3-1-2-7(6)8/h6-11H,1-5H2/t6-,7-,8-,9-,10+/m0/s1. The van der Waals surface area contributed by atoms with Crippen LogP contribution < -0.4 is 0 Å². The first-order valence-corrected chi connectivity index (χ1v) is 5.04. The van der Waals surface area contributed by atoms with E-state index in [-0.39, 0.29) is 6.10 Å². The number of hydrogen-bond donors (Lipinski definition) is 1. The molecular formula is C10H16O. The second-order valence-electron chi connectivity index (χ2n) is 4.72. The van der Waals surface area contributed by atoms with Gasteiger partial charge in [-0.3, -0.25) is 0 Å². The maximum Gasteiger partial charge on any atom is 0.0574 e. The van der Waals surface area contributed by atoms with Crippen molar-refractivity contribution in [3.63, 3.8) is 0 Å². The van der Waals surface area contributed by atoms with Gasteiger partial charge in [0.1, 0.15) is 0 Å². The van der Waals surface area contributed by atoms with E-state index < -0.39 is 0 Å². The van der Waals surface area contributed by atoms with Crippen LogP contribution in [0.1, 0.15) is 32.1 Å². The maximum atomic E-state index is 9.67. The summed E-state index contributed by atoms with van der Waals surface area (Å²) in [5.41, 5.74) is 0. The molecule has 2 bridgehead atoms. The molecule has 1 nitrogen and oxygen atoms in total. The smallest absolute Gasteiger partial charge is 0.0574 e. The lowest BCUT2D eigenvalue weighted by Gasteiger charge is -2.28. The zero-order valence-corrected chi connectivity index (χ0v) is 6.87. The molecule has 0 aromatic heterocycles. The number of hydrogen-bond acceptors (Lipinski definition) is 1. The fourth-order valence-electron chi connectivity index (χ4n) is 4.03. The highest BCUT2D eigenvalue weighted by molar-refractivity contribution is 5.02. The number of rotatable bonds is 0. The van der Waals surface area contributed by atoms with E-state index in [2.05, 4.69) is 0 Å². The molecule has 1 heteroatoms. The predicted molar refractivity (Wildman–Crippen MR) is 43.1 cm³/mol. The number of aliphatic hydroxyl groups is 1. The maximum absolute atomic E-state index is 9.67. The molecule has 3 aliphatic rings. The highest BCUT2D eigenvalue weighted by Crippen LogP contribution is 2.58. The molecule has 0 heterocycles. The van der Waals surface area contributed by atoms with Crippen molar-refractivity contribution in [2.75, 3.05) is 0 Å². The van der Waals surface area contributed by atoms with E-state index in [4.69, 9.17) is 0 Å². The minimum absolute atomic E-state index is 0.0827. The van der Waals surface area contributed by atoms with Crippen LogP contribution >= 0.6 is 0 Å². The highest BCUT2D eigenvalue weighted by atomic mass is 16.3. The number of aliphatic hydroxyl groups excluding tert-OH is 1. The Hall–Kier alpha value is -0.0400. The number of fused-ring (bicyclic) bond motifs is 5. The Morgan fingerprint density at radius 1 is 0.909 bits per heavy atom. The fourth-order valence-corrected chi connectivity index (χ4v) is 4.03. The average Bonchev–Trinajstić information content (AvgIpc) is 2.52. The molecule has 5 atom stereocenters. The lowest BCUT2D eigenvalue weighted by atomic mass is 9.80. The van der Waals surface area contributed by atoms with Crippen LogP contribution in [0.15, 0.2) is 0 Å². The van der Waals surface area contributed by atoms with Gasteiger partial charge >= 0.3 is 0 Å². The quantitative estimate of drug-likeness (QED) is 0.561. The molecule has 3 fully saturated rings. The summed E-state index contributed by atoms with van der Waals surface area (Å²) in [4.78, 5) is 0. The summed E-state index contributed by atoms with van der Waals surface area (Å²) in [5.74, 6) is 3.60. The minimum Gasteiger partial charge on any atom is -0.393 e. The summed E-state index contributed by atoms with van der Waals surface area (Å²) in [6.45, 7) is 0. The Bertz CT molecular complexity index is 178. The van der Waals surface area contributed by atoms with Crippen LogP contribution in [0.25, 0.3) is 0 Å². The van der Waals surface area contributed by atoms with E-state index in [0.717, 1.165) is 24.2 Å². The molecule has 0 aromatic rings.